The minimum atomic E-state index is -5.01. The molecule has 0 aliphatic heterocycles. The number of rotatable bonds is 8. The number of nitrogens with zero attached hydrogens (tertiary/aromatic N) is 2. The zero-order chi connectivity index (χ0) is 29.1. The lowest BCUT2D eigenvalue weighted by molar-refractivity contribution is -0.143. The van der Waals surface area contributed by atoms with Gasteiger partial charge in [0.1, 0.15) is 6.04 Å². The van der Waals surface area contributed by atoms with Crippen molar-refractivity contribution in [2.24, 2.45) is 0 Å². The molecule has 1 amide bonds. The predicted molar refractivity (Wildman–Crippen MR) is 135 cm³/mol. The van der Waals surface area contributed by atoms with Crippen LogP contribution >= 0.6 is 0 Å². The molecule has 6 nitrogen and oxygen atoms in total. The van der Waals surface area contributed by atoms with E-state index >= 15 is 0 Å². The van der Waals surface area contributed by atoms with Crippen LogP contribution in [0.1, 0.15) is 28.7 Å². The van der Waals surface area contributed by atoms with Crippen molar-refractivity contribution in [3.8, 4) is 0 Å². The fourth-order valence-corrected chi connectivity index (χ4v) is 4.47. The first-order valence-electron chi connectivity index (χ1n) is 12.0. The number of Topliss-reactive ketones (excluding diaryl/α,β-unsaturated/α-hetero) is 1. The first-order chi connectivity index (χ1) is 18.9. The number of H-pyrrole nitrogens is 1. The molecule has 1 unspecified atom stereocenters. The smallest absolute Gasteiger partial charge is 0.416 e. The van der Waals surface area contributed by atoms with Gasteiger partial charge in [-0.3, -0.25) is 14.7 Å². The summed E-state index contributed by atoms with van der Waals surface area (Å²) in [5.74, 6) is -0.585. The van der Waals surface area contributed by atoms with E-state index < -0.39 is 54.2 Å². The van der Waals surface area contributed by atoms with Gasteiger partial charge < -0.3 is 9.72 Å². The molecule has 1 N–H and O–H groups in total. The van der Waals surface area contributed by atoms with Gasteiger partial charge in [-0.2, -0.15) is 26.3 Å². The summed E-state index contributed by atoms with van der Waals surface area (Å²) in [5.41, 5.74) is -1.51. The third-order valence-corrected chi connectivity index (χ3v) is 6.39. The molecule has 0 spiro atoms. The first kappa shape index (κ1) is 28.7. The summed E-state index contributed by atoms with van der Waals surface area (Å²) in [6.45, 7) is 0. The Balaban J connectivity index is 1.70. The molecule has 4 rings (SSSR count). The van der Waals surface area contributed by atoms with Gasteiger partial charge in [0.2, 0.25) is 0 Å². The number of nitrogens with one attached hydrogen (secondary N) is 1. The SMILES string of the molecule is COC(=O)N(c1ccncc1)C(Cc1c[nH]c2ccccc12)C(=O)CCc1cc(C(F)(F)F)cc(C(F)(F)F)c1. The maximum Gasteiger partial charge on any atom is 0.416 e. The fourth-order valence-electron chi connectivity index (χ4n) is 4.47. The van der Waals surface area contributed by atoms with E-state index in [0.29, 0.717) is 17.7 Å². The number of aryl methyl sites for hydroxylation is 1. The number of methoxy groups -OCH3 is 1. The van der Waals surface area contributed by atoms with Crippen molar-refractivity contribution in [1.29, 1.82) is 0 Å². The van der Waals surface area contributed by atoms with Gasteiger partial charge in [-0.15, -0.1) is 0 Å². The molecular weight excluding hydrogens is 540 g/mol. The van der Waals surface area contributed by atoms with Crippen LogP contribution in [0, 0.1) is 0 Å². The van der Waals surface area contributed by atoms with E-state index in [9.17, 15) is 35.9 Å². The second kappa shape index (κ2) is 11.4. The second-order valence-corrected chi connectivity index (χ2v) is 9.01. The summed E-state index contributed by atoms with van der Waals surface area (Å²) in [6.07, 6.45) is -7.28. The summed E-state index contributed by atoms with van der Waals surface area (Å²) in [6, 6.07) is 10.2. The minimum absolute atomic E-state index is 0.00331. The van der Waals surface area contributed by atoms with Crippen molar-refractivity contribution in [3.63, 3.8) is 0 Å². The largest absolute Gasteiger partial charge is 0.452 e. The Morgan fingerprint density at radius 2 is 1.57 bits per heavy atom. The molecule has 0 fully saturated rings. The lowest BCUT2D eigenvalue weighted by atomic mass is 9.94. The lowest BCUT2D eigenvalue weighted by Gasteiger charge is -2.30. The van der Waals surface area contributed by atoms with Crippen LogP contribution in [-0.2, 0) is 34.7 Å². The molecule has 2 heterocycles. The van der Waals surface area contributed by atoms with Gasteiger partial charge in [0.25, 0.3) is 0 Å². The van der Waals surface area contributed by atoms with E-state index in [1.54, 1.807) is 12.3 Å². The molecule has 1 atom stereocenters. The Kier molecular flexibility index (Phi) is 8.17. The number of halogens is 6. The zero-order valence-electron chi connectivity index (χ0n) is 21.0. The summed E-state index contributed by atoms with van der Waals surface area (Å²) in [5, 5.41) is 0.785. The summed E-state index contributed by atoms with van der Waals surface area (Å²) in [7, 11) is 1.13. The molecule has 2 aromatic carbocycles. The maximum atomic E-state index is 13.7. The number of anilines is 1. The van der Waals surface area contributed by atoms with Crippen molar-refractivity contribution < 1.29 is 40.7 Å². The number of hydrogen-bond donors (Lipinski definition) is 1. The van der Waals surface area contributed by atoms with Gasteiger partial charge in [-0.25, -0.2) is 4.79 Å². The van der Waals surface area contributed by atoms with E-state index in [2.05, 4.69) is 9.97 Å². The highest BCUT2D eigenvalue weighted by atomic mass is 19.4. The summed E-state index contributed by atoms with van der Waals surface area (Å²) >= 11 is 0. The van der Waals surface area contributed by atoms with Crippen LogP contribution in [0.25, 0.3) is 10.9 Å². The molecule has 0 aliphatic rings. The van der Waals surface area contributed by atoms with Crippen LogP contribution in [0.3, 0.4) is 0 Å². The molecule has 2 aromatic heterocycles. The van der Waals surface area contributed by atoms with Gasteiger partial charge in [0.15, 0.2) is 5.78 Å². The number of aromatic nitrogens is 2. The summed E-state index contributed by atoms with van der Waals surface area (Å²) in [4.78, 5) is 34.7. The summed E-state index contributed by atoms with van der Waals surface area (Å²) < 4.78 is 84.9. The monoisotopic (exact) mass is 563 g/mol. The molecule has 0 aliphatic carbocycles. The normalized spacial score (nSPS) is 12.8. The molecule has 12 heteroatoms. The third kappa shape index (κ3) is 6.44. The van der Waals surface area contributed by atoms with Crippen molar-refractivity contribution in [3.05, 3.63) is 95.4 Å². The van der Waals surface area contributed by atoms with Crippen LogP contribution in [-0.4, -0.2) is 35.0 Å². The fraction of sp³-hybridized carbons (Fsp3) is 0.250. The van der Waals surface area contributed by atoms with Gasteiger partial charge in [0, 0.05) is 42.3 Å². The standard InChI is InChI=1S/C28H23F6N3O3/c1-40-26(39)37(21-8-10-35-11-9-21)24(14-18-16-36-23-5-3-2-4-22(18)23)25(38)7-6-17-12-19(27(29,30)31)15-20(13-17)28(32,33)34/h2-5,8-13,15-16,24,36H,6-7,14H2,1H3. The number of fused-ring (bicyclic) bond motifs is 1. The number of carbonyl (C=O) groups excluding carboxylic acids is 2. The topological polar surface area (TPSA) is 75.3 Å². The quantitative estimate of drug-likeness (QED) is 0.235. The van der Waals surface area contributed by atoms with Gasteiger partial charge in [-0.05, 0) is 53.9 Å². The van der Waals surface area contributed by atoms with Crippen molar-refractivity contribution >= 4 is 28.5 Å². The Morgan fingerprint density at radius 1 is 0.950 bits per heavy atom. The number of pyridine rings is 1. The maximum absolute atomic E-state index is 13.7. The average molecular weight is 563 g/mol. The number of amides is 1. The number of benzene rings is 2. The van der Waals surface area contributed by atoms with Crippen molar-refractivity contribution in [2.75, 3.05) is 12.0 Å². The first-order valence-corrected chi connectivity index (χ1v) is 12.0. The van der Waals surface area contributed by atoms with Crippen LogP contribution in [0.4, 0.5) is 36.8 Å². The van der Waals surface area contributed by atoms with E-state index in [0.717, 1.165) is 22.9 Å². The molecule has 40 heavy (non-hydrogen) atoms. The molecule has 0 saturated heterocycles. The van der Waals surface area contributed by atoms with E-state index in [4.69, 9.17) is 4.74 Å². The Bertz CT molecular complexity index is 1470. The molecular formula is C28H23F6N3O3. The molecule has 0 bridgehead atoms. The third-order valence-electron chi connectivity index (χ3n) is 6.39. The van der Waals surface area contributed by atoms with Gasteiger partial charge >= 0.3 is 18.4 Å². The Hall–Kier alpha value is -4.35. The molecule has 0 radical (unpaired) electrons. The highest BCUT2D eigenvalue weighted by Gasteiger charge is 2.37. The Morgan fingerprint density at radius 3 is 2.17 bits per heavy atom. The molecule has 4 aromatic rings. The van der Waals surface area contributed by atoms with Crippen LogP contribution < -0.4 is 4.90 Å². The number of para-hydroxylation sites is 1. The Labute approximate surface area is 224 Å². The number of carbonyl (C=O) groups is 2. The number of aromatic amines is 1. The predicted octanol–water partition coefficient (Wildman–Crippen LogP) is 6.99. The second-order valence-electron chi connectivity index (χ2n) is 9.01. The zero-order valence-corrected chi connectivity index (χ0v) is 21.0. The highest BCUT2D eigenvalue weighted by Crippen LogP contribution is 2.36. The van der Waals surface area contributed by atoms with E-state index in [-0.39, 0.29) is 23.7 Å². The number of ketones is 1. The van der Waals surface area contributed by atoms with Gasteiger partial charge in [-0.1, -0.05) is 18.2 Å². The highest BCUT2D eigenvalue weighted by molar-refractivity contribution is 5.99. The van der Waals surface area contributed by atoms with Gasteiger partial charge in [0.05, 0.1) is 23.9 Å². The lowest BCUT2D eigenvalue weighted by Crippen LogP contribution is -2.47. The van der Waals surface area contributed by atoms with E-state index in [1.165, 1.54) is 24.5 Å². The number of hydrogen-bond acceptors (Lipinski definition) is 4. The number of alkyl halides is 6. The van der Waals surface area contributed by atoms with Crippen LogP contribution in [0.5, 0.6) is 0 Å². The average Bonchev–Trinajstić information content (AvgIpc) is 3.33. The van der Waals surface area contributed by atoms with Crippen molar-refractivity contribution in [2.45, 2.75) is 37.7 Å². The van der Waals surface area contributed by atoms with E-state index in [1.807, 2.05) is 18.2 Å². The van der Waals surface area contributed by atoms with Crippen LogP contribution in [0.15, 0.2) is 73.2 Å². The minimum Gasteiger partial charge on any atom is -0.452 e. The number of ether oxygens (including phenoxy) is 1. The molecule has 210 valence electrons. The van der Waals surface area contributed by atoms with Crippen molar-refractivity contribution in [1.82, 2.24) is 9.97 Å². The van der Waals surface area contributed by atoms with Crippen LogP contribution in [0.2, 0.25) is 0 Å². The molecule has 0 saturated carbocycles.